The number of nitrogens with two attached hydrogens (primary N) is 1. The lowest BCUT2D eigenvalue weighted by Crippen LogP contribution is -2.51. The Kier molecular flexibility index (Phi) is 4.43. The minimum Gasteiger partial charge on any atom is -0.368 e. The van der Waals surface area contributed by atoms with Crippen LogP contribution in [0, 0.1) is 5.92 Å². The molecule has 0 radical (unpaired) electrons. The molecule has 1 aromatic rings. The molecule has 2 aliphatic rings. The molecule has 5 nitrogen and oxygen atoms in total. The van der Waals surface area contributed by atoms with Crippen LogP contribution in [0.25, 0.3) is 0 Å². The van der Waals surface area contributed by atoms with Crippen molar-refractivity contribution in [3.63, 3.8) is 0 Å². The largest absolute Gasteiger partial charge is 0.368 e. The zero-order valence-electron chi connectivity index (χ0n) is 12.8. The Hall–Kier alpha value is -1.88. The highest BCUT2D eigenvalue weighted by Crippen LogP contribution is 2.26. The third-order valence-corrected chi connectivity index (χ3v) is 4.82. The van der Waals surface area contributed by atoms with E-state index in [1.165, 1.54) is 0 Å². The van der Waals surface area contributed by atoms with Gasteiger partial charge in [0.05, 0.1) is 0 Å². The van der Waals surface area contributed by atoms with E-state index < -0.39 is 11.9 Å². The van der Waals surface area contributed by atoms with Crippen molar-refractivity contribution in [1.82, 2.24) is 10.2 Å². The predicted octanol–water partition coefficient (Wildman–Crippen LogP) is 0.815. The third kappa shape index (κ3) is 3.14. The molecule has 1 atom stereocenters. The first-order valence-electron chi connectivity index (χ1n) is 8.01. The zero-order chi connectivity index (χ0) is 15.5. The molecule has 0 unspecified atom stereocenters. The minimum absolute atomic E-state index is 0.0604. The fourth-order valence-corrected chi connectivity index (χ4v) is 3.49. The number of hydrogen-bond donors (Lipinski definition) is 2. The van der Waals surface area contributed by atoms with Gasteiger partial charge in [-0.3, -0.25) is 9.59 Å². The summed E-state index contributed by atoms with van der Waals surface area (Å²) in [6.45, 7) is 2.44. The molecule has 1 aromatic carbocycles. The smallest absolute Gasteiger partial charge is 0.240 e. The average molecular weight is 301 g/mol. The second kappa shape index (κ2) is 6.48. The average Bonchev–Trinajstić information content (AvgIpc) is 2.54. The molecule has 1 saturated heterocycles. The van der Waals surface area contributed by atoms with Crippen LogP contribution in [0.15, 0.2) is 24.3 Å². The van der Waals surface area contributed by atoms with Gasteiger partial charge in [0.2, 0.25) is 11.8 Å². The molecule has 2 aliphatic heterocycles. The first kappa shape index (κ1) is 15.0. The Morgan fingerprint density at radius 2 is 1.86 bits per heavy atom. The van der Waals surface area contributed by atoms with Crippen LogP contribution in [0.3, 0.4) is 0 Å². The highest BCUT2D eigenvalue weighted by molar-refractivity contribution is 5.87. The second-order valence-corrected chi connectivity index (χ2v) is 6.31. The number of piperidine rings is 1. The summed E-state index contributed by atoms with van der Waals surface area (Å²) in [5, 5.41) is 3.31. The number of fused-ring (bicyclic) bond motifs is 1. The Morgan fingerprint density at radius 3 is 2.55 bits per heavy atom. The summed E-state index contributed by atoms with van der Waals surface area (Å²) in [4.78, 5) is 26.2. The molecule has 3 N–H and O–H groups in total. The molecule has 2 heterocycles. The van der Waals surface area contributed by atoms with Gasteiger partial charge in [0, 0.05) is 19.4 Å². The minimum atomic E-state index is -0.510. The van der Waals surface area contributed by atoms with Gasteiger partial charge in [-0.15, -0.1) is 0 Å². The van der Waals surface area contributed by atoms with Crippen molar-refractivity contribution < 1.29 is 9.59 Å². The Morgan fingerprint density at radius 1 is 1.18 bits per heavy atom. The molecule has 118 valence electrons. The summed E-state index contributed by atoms with van der Waals surface area (Å²) in [6, 6.07) is 7.46. The highest BCUT2D eigenvalue weighted by Gasteiger charge is 2.34. The normalized spacial score (nSPS) is 22.2. The monoisotopic (exact) mass is 301 g/mol. The molecule has 2 amide bonds. The topological polar surface area (TPSA) is 75.4 Å². The van der Waals surface area contributed by atoms with E-state index in [1.54, 1.807) is 4.90 Å². The summed E-state index contributed by atoms with van der Waals surface area (Å²) in [6.07, 6.45) is 3.10. The van der Waals surface area contributed by atoms with E-state index in [1.807, 2.05) is 24.3 Å². The number of carbonyl (C=O) groups excluding carboxylic acids is 2. The number of carbonyl (C=O) groups is 2. The maximum atomic E-state index is 12.7. The van der Waals surface area contributed by atoms with E-state index in [-0.39, 0.29) is 5.91 Å². The number of rotatable bonds is 3. The number of hydrogen-bond acceptors (Lipinski definition) is 3. The van der Waals surface area contributed by atoms with Crippen LogP contribution in [0.2, 0.25) is 0 Å². The van der Waals surface area contributed by atoms with Crippen LogP contribution < -0.4 is 11.1 Å². The molecule has 0 aromatic heterocycles. The van der Waals surface area contributed by atoms with E-state index in [9.17, 15) is 9.59 Å². The quantitative estimate of drug-likeness (QED) is 0.868. The Bertz CT molecular complexity index is 567. The molecular weight excluding hydrogens is 278 g/mol. The van der Waals surface area contributed by atoms with Crippen molar-refractivity contribution in [3.8, 4) is 0 Å². The summed E-state index contributed by atoms with van der Waals surface area (Å²) in [5.41, 5.74) is 7.79. The third-order valence-electron chi connectivity index (χ3n) is 4.82. The van der Waals surface area contributed by atoms with Crippen LogP contribution in [-0.4, -0.2) is 35.8 Å². The standard InChI is InChI=1S/C17H23N3O2/c18-17(22)15-10-13-3-1-2-4-14(13)11-20(15)16(21)9-12-5-7-19-8-6-12/h1-4,12,15,19H,5-11H2,(H2,18,22)/t15-/m0/s1. The Balaban J connectivity index is 1.75. The molecule has 0 bridgehead atoms. The van der Waals surface area contributed by atoms with Crippen molar-refractivity contribution >= 4 is 11.8 Å². The van der Waals surface area contributed by atoms with Gasteiger partial charge < -0.3 is 16.0 Å². The lowest BCUT2D eigenvalue weighted by Gasteiger charge is -2.36. The first-order chi connectivity index (χ1) is 10.6. The molecule has 22 heavy (non-hydrogen) atoms. The maximum Gasteiger partial charge on any atom is 0.240 e. The second-order valence-electron chi connectivity index (χ2n) is 6.31. The van der Waals surface area contributed by atoms with Crippen LogP contribution >= 0.6 is 0 Å². The van der Waals surface area contributed by atoms with Crippen molar-refractivity contribution in [2.75, 3.05) is 13.1 Å². The predicted molar refractivity (Wildman–Crippen MR) is 83.9 cm³/mol. The molecule has 5 heteroatoms. The van der Waals surface area contributed by atoms with Crippen molar-refractivity contribution in [1.29, 1.82) is 0 Å². The van der Waals surface area contributed by atoms with E-state index in [4.69, 9.17) is 5.73 Å². The van der Waals surface area contributed by atoms with Gasteiger partial charge >= 0.3 is 0 Å². The summed E-state index contributed by atoms with van der Waals surface area (Å²) < 4.78 is 0. The number of benzene rings is 1. The number of primary amides is 1. The van der Waals surface area contributed by atoms with Gasteiger partial charge in [0.1, 0.15) is 6.04 Å². The summed E-state index contributed by atoms with van der Waals surface area (Å²) in [7, 11) is 0. The van der Waals surface area contributed by atoms with Crippen LogP contribution in [0.4, 0.5) is 0 Å². The van der Waals surface area contributed by atoms with Crippen molar-refractivity contribution in [2.45, 2.75) is 38.3 Å². The first-order valence-corrected chi connectivity index (χ1v) is 8.01. The van der Waals surface area contributed by atoms with Crippen molar-refractivity contribution in [2.24, 2.45) is 11.7 Å². The van der Waals surface area contributed by atoms with Crippen LogP contribution in [0.1, 0.15) is 30.4 Å². The van der Waals surface area contributed by atoms with E-state index in [0.717, 1.165) is 37.1 Å². The lowest BCUT2D eigenvalue weighted by atomic mass is 9.90. The fraction of sp³-hybridized carbons (Fsp3) is 0.529. The highest BCUT2D eigenvalue weighted by atomic mass is 16.2. The van der Waals surface area contributed by atoms with Gasteiger partial charge in [-0.1, -0.05) is 24.3 Å². The van der Waals surface area contributed by atoms with Gasteiger partial charge in [-0.2, -0.15) is 0 Å². The molecule has 0 saturated carbocycles. The summed E-state index contributed by atoms with van der Waals surface area (Å²) >= 11 is 0. The van der Waals surface area contributed by atoms with E-state index in [2.05, 4.69) is 5.32 Å². The van der Waals surface area contributed by atoms with Gasteiger partial charge in [0.15, 0.2) is 0 Å². The fourth-order valence-electron chi connectivity index (χ4n) is 3.49. The Labute approximate surface area is 130 Å². The number of nitrogens with zero attached hydrogens (tertiary/aromatic N) is 1. The molecule has 0 aliphatic carbocycles. The van der Waals surface area contributed by atoms with E-state index in [0.29, 0.717) is 25.3 Å². The maximum absolute atomic E-state index is 12.7. The van der Waals surface area contributed by atoms with Gasteiger partial charge in [-0.05, 0) is 43.0 Å². The lowest BCUT2D eigenvalue weighted by molar-refractivity contribution is -0.141. The van der Waals surface area contributed by atoms with Crippen LogP contribution in [-0.2, 0) is 22.6 Å². The van der Waals surface area contributed by atoms with Gasteiger partial charge in [0.25, 0.3) is 0 Å². The van der Waals surface area contributed by atoms with Gasteiger partial charge in [-0.25, -0.2) is 0 Å². The van der Waals surface area contributed by atoms with Crippen LogP contribution in [0.5, 0.6) is 0 Å². The molecule has 0 spiro atoms. The SMILES string of the molecule is NC(=O)[C@@H]1Cc2ccccc2CN1C(=O)CC1CCNCC1. The molecular formula is C17H23N3O2. The number of amides is 2. The molecule has 3 rings (SSSR count). The molecule has 1 fully saturated rings. The van der Waals surface area contributed by atoms with E-state index >= 15 is 0 Å². The van der Waals surface area contributed by atoms with Crippen molar-refractivity contribution in [3.05, 3.63) is 35.4 Å². The zero-order valence-corrected chi connectivity index (χ0v) is 12.8. The summed E-state index contributed by atoms with van der Waals surface area (Å²) in [5.74, 6) is 0.0674. The number of nitrogens with one attached hydrogen (secondary N) is 1.